The molecule has 1 unspecified atom stereocenters. The minimum Gasteiger partial charge on any atom is -0.481 e. The van der Waals surface area contributed by atoms with Gasteiger partial charge in [0.25, 0.3) is 0 Å². The summed E-state index contributed by atoms with van der Waals surface area (Å²) in [5, 5.41) is 8.69. The first-order chi connectivity index (χ1) is 6.24. The van der Waals surface area contributed by atoms with Crippen LogP contribution in [0, 0.1) is 0 Å². The summed E-state index contributed by atoms with van der Waals surface area (Å²) < 4.78 is 0. The highest BCUT2D eigenvalue weighted by molar-refractivity contribution is 7.98. The number of carboxylic acids is 1. The standard InChI is InChI=1S/C9H17NO2S/c1-13-6-5-10-4-2-3-8(10)7-9(11)12/h8H,2-7H2,1H3,(H,11,12). The molecule has 0 aromatic carbocycles. The molecule has 3 nitrogen and oxygen atoms in total. The highest BCUT2D eigenvalue weighted by atomic mass is 32.2. The minimum atomic E-state index is -0.666. The lowest BCUT2D eigenvalue weighted by molar-refractivity contribution is -0.138. The van der Waals surface area contributed by atoms with E-state index in [-0.39, 0.29) is 0 Å². The normalized spacial score (nSPS) is 23.6. The first kappa shape index (κ1) is 10.9. The van der Waals surface area contributed by atoms with Crippen molar-refractivity contribution < 1.29 is 9.90 Å². The Balaban J connectivity index is 2.30. The zero-order chi connectivity index (χ0) is 9.68. The molecule has 0 radical (unpaired) electrons. The van der Waals surface area contributed by atoms with Gasteiger partial charge in [-0.2, -0.15) is 11.8 Å². The Labute approximate surface area is 83.5 Å². The number of hydrogen-bond acceptors (Lipinski definition) is 3. The van der Waals surface area contributed by atoms with Crippen molar-refractivity contribution in [2.45, 2.75) is 25.3 Å². The topological polar surface area (TPSA) is 40.5 Å². The van der Waals surface area contributed by atoms with Crippen LogP contribution in [0.15, 0.2) is 0 Å². The van der Waals surface area contributed by atoms with Gasteiger partial charge in [0, 0.05) is 18.3 Å². The zero-order valence-electron chi connectivity index (χ0n) is 8.03. The van der Waals surface area contributed by atoms with Crippen molar-refractivity contribution in [3.63, 3.8) is 0 Å². The van der Waals surface area contributed by atoms with Gasteiger partial charge in [0.15, 0.2) is 0 Å². The lowest BCUT2D eigenvalue weighted by Gasteiger charge is -2.22. The summed E-state index contributed by atoms with van der Waals surface area (Å²) in [5.74, 6) is 0.442. The molecule has 0 bridgehead atoms. The van der Waals surface area contributed by atoms with Crippen LogP contribution in [0.5, 0.6) is 0 Å². The number of carbonyl (C=O) groups is 1. The maximum atomic E-state index is 10.5. The Bertz CT molecular complexity index is 175. The molecular weight excluding hydrogens is 186 g/mol. The van der Waals surface area contributed by atoms with Gasteiger partial charge in [0.2, 0.25) is 0 Å². The van der Waals surface area contributed by atoms with Gasteiger partial charge in [0.05, 0.1) is 6.42 Å². The molecule has 1 saturated heterocycles. The zero-order valence-corrected chi connectivity index (χ0v) is 8.85. The van der Waals surface area contributed by atoms with E-state index in [4.69, 9.17) is 5.11 Å². The molecule has 0 saturated carbocycles. The molecule has 0 spiro atoms. The van der Waals surface area contributed by atoms with E-state index >= 15 is 0 Å². The molecule has 1 heterocycles. The van der Waals surface area contributed by atoms with Crippen LogP contribution in [0.4, 0.5) is 0 Å². The second-order valence-electron chi connectivity index (χ2n) is 3.42. The van der Waals surface area contributed by atoms with Crippen molar-refractivity contribution in [3.05, 3.63) is 0 Å². The van der Waals surface area contributed by atoms with Gasteiger partial charge in [-0.1, -0.05) is 0 Å². The fourth-order valence-corrected chi connectivity index (χ4v) is 2.25. The van der Waals surface area contributed by atoms with E-state index in [0.29, 0.717) is 12.5 Å². The molecule has 1 aliphatic heterocycles. The summed E-state index contributed by atoms with van der Waals surface area (Å²) in [6, 6.07) is 0.296. The molecule has 1 N–H and O–H groups in total. The van der Waals surface area contributed by atoms with Crippen LogP contribution in [0.1, 0.15) is 19.3 Å². The third-order valence-corrected chi connectivity index (χ3v) is 3.08. The van der Waals surface area contributed by atoms with Gasteiger partial charge < -0.3 is 5.11 Å². The lowest BCUT2D eigenvalue weighted by atomic mass is 10.1. The third kappa shape index (κ3) is 3.56. The molecule has 0 aliphatic carbocycles. The summed E-state index contributed by atoms with van der Waals surface area (Å²) in [7, 11) is 0. The summed E-state index contributed by atoms with van der Waals surface area (Å²) in [6.45, 7) is 2.12. The number of likely N-dealkylation sites (tertiary alicyclic amines) is 1. The first-order valence-electron chi connectivity index (χ1n) is 4.69. The third-order valence-electron chi connectivity index (χ3n) is 2.49. The molecule has 0 amide bonds. The van der Waals surface area contributed by atoms with E-state index in [1.165, 1.54) is 0 Å². The van der Waals surface area contributed by atoms with Gasteiger partial charge in [-0.25, -0.2) is 0 Å². The molecule has 0 aromatic heterocycles. The molecule has 1 atom stereocenters. The van der Waals surface area contributed by atoms with Crippen LogP contribution in [0.3, 0.4) is 0 Å². The van der Waals surface area contributed by atoms with E-state index in [0.717, 1.165) is 31.7 Å². The molecule has 13 heavy (non-hydrogen) atoms. The molecule has 1 aliphatic rings. The number of carboxylic acid groups (broad SMARTS) is 1. The molecule has 1 rings (SSSR count). The SMILES string of the molecule is CSCCN1CCCC1CC(=O)O. The van der Waals surface area contributed by atoms with Crippen molar-refractivity contribution in [3.8, 4) is 0 Å². The highest BCUT2D eigenvalue weighted by Crippen LogP contribution is 2.19. The van der Waals surface area contributed by atoms with Crippen molar-refractivity contribution in [2.24, 2.45) is 0 Å². The van der Waals surface area contributed by atoms with E-state index in [9.17, 15) is 4.79 Å². The number of aliphatic carboxylic acids is 1. The molecule has 0 aromatic rings. The number of hydrogen-bond donors (Lipinski definition) is 1. The second-order valence-corrected chi connectivity index (χ2v) is 4.41. The molecule has 76 valence electrons. The average molecular weight is 203 g/mol. The maximum absolute atomic E-state index is 10.5. The largest absolute Gasteiger partial charge is 0.481 e. The Kier molecular flexibility index (Phi) is 4.59. The molecule has 4 heteroatoms. The van der Waals surface area contributed by atoms with Crippen LogP contribution < -0.4 is 0 Å². The van der Waals surface area contributed by atoms with Crippen molar-refractivity contribution in [2.75, 3.05) is 25.1 Å². The Morgan fingerprint density at radius 2 is 2.46 bits per heavy atom. The second kappa shape index (κ2) is 5.50. The predicted octanol–water partition coefficient (Wildman–Crippen LogP) is 1.29. The maximum Gasteiger partial charge on any atom is 0.304 e. The number of rotatable bonds is 5. The smallest absolute Gasteiger partial charge is 0.304 e. The Morgan fingerprint density at radius 3 is 3.08 bits per heavy atom. The summed E-state index contributed by atoms with van der Waals surface area (Å²) in [4.78, 5) is 12.9. The predicted molar refractivity (Wildman–Crippen MR) is 55.2 cm³/mol. The van der Waals surface area contributed by atoms with E-state index in [2.05, 4.69) is 11.2 Å². The van der Waals surface area contributed by atoms with Gasteiger partial charge >= 0.3 is 5.97 Å². The monoisotopic (exact) mass is 203 g/mol. The van der Waals surface area contributed by atoms with Crippen molar-refractivity contribution in [1.82, 2.24) is 4.90 Å². The van der Waals surface area contributed by atoms with E-state index < -0.39 is 5.97 Å². The molecular formula is C9H17NO2S. The Hall–Kier alpha value is -0.220. The van der Waals surface area contributed by atoms with Crippen LogP contribution in [0.25, 0.3) is 0 Å². The van der Waals surface area contributed by atoms with Crippen molar-refractivity contribution >= 4 is 17.7 Å². The average Bonchev–Trinajstić information content (AvgIpc) is 2.48. The summed E-state index contributed by atoms with van der Waals surface area (Å²) >= 11 is 1.82. The fraction of sp³-hybridized carbons (Fsp3) is 0.889. The van der Waals surface area contributed by atoms with Gasteiger partial charge in [0.1, 0.15) is 0 Å². The summed E-state index contributed by atoms with van der Waals surface area (Å²) in [6.07, 6.45) is 4.61. The van der Waals surface area contributed by atoms with E-state index in [1.807, 2.05) is 11.8 Å². The van der Waals surface area contributed by atoms with Gasteiger partial charge in [-0.15, -0.1) is 0 Å². The quantitative estimate of drug-likeness (QED) is 0.731. The van der Waals surface area contributed by atoms with Crippen LogP contribution >= 0.6 is 11.8 Å². The van der Waals surface area contributed by atoms with Crippen LogP contribution in [0.2, 0.25) is 0 Å². The van der Waals surface area contributed by atoms with Crippen molar-refractivity contribution in [1.29, 1.82) is 0 Å². The van der Waals surface area contributed by atoms with Gasteiger partial charge in [-0.05, 0) is 25.6 Å². The lowest BCUT2D eigenvalue weighted by Crippen LogP contribution is -2.33. The van der Waals surface area contributed by atoms with Crippen LogP contribution in [-0.2, 0) is 4.79 Å². The molecule has 1 fully saturated rings. The highest BCUT2D eigenvalue weighted by Gasteiger charge is 2.25. The number of thioether (sulfide) groups is 1. The van der Waals surface area contributed by atoms with Crippen LogP contribution in [-0.4, -0.2) is 47.1 Å². The fourth-order valence-electron chi connectivity index (χ4n) is 1.83. The van der Waals surface area contributed by atoms with Gasteiger partial charge in [-0.3, -0.25) is 9.69 Å². The summed E-state index contributed by atoms with van der Waals surface area (Å²) in [5.41, 5.74) is 0. The minimum absolute atomic E-state index is 0.296. The first-order valence-corrected chi connectivity index (χ1v) is 6.08. The Morgan fingerprint density at radius 1 is 1.69 bits per heavy atom. The van der Waals surface area contributed by atoms with E-state index in [1.54, 1.807) is 0 Å². The number of nitrogens with zero attached hydrogens (tertiary/aromatic N) is 1.